The highest BCUT2D eigenvalue weighted by atomic mass is 16.2. The van der Waals surface area contributed by atoms with Crippen molar-refractivity contribution >= 4 is 6.03 Å². The highest BCUT2D eigenvalue weighted by Gasteiger charge is 2.21. The lowest BCUT2D eigenvalue weighted by atomic mass is 10.1. The summed E-state index contributed by atoms with van der Waals surface area (Å²) in [5.74, 6) is 6.00. The van der Waals surface area contributed by atoms with E-state index in [0.717, 1.165) is 37.1 Å². The summed E-state index contributed by atoms with van der Waals surface area (Å²) in [6, 6.07) is 7.94. The van der Waals surface area contributed by atoms with Gasteiger partial charge in [0.2, 0.25) is 0 Å². The van der Waals surface area contributed by atoms with Crippen LogP contribution in [0.3, 0.4) is 0 Å². The molecule has 112 valence electrons. The van der Waals surface area contributed by atoms with Gasteiger partial charge < -0.3 is 14.9 Å². The van der Waals surface area contributed by atoms with Gasteiger partial charge in [-0.1, -0.05) is 30.0 Å². The van der Waals surface area contributed by atoms with Crippen LogP contribution in [0.5, 0.6) is 0 Å². The van der Waals surface area contributed by atoms with E-state index in [-0.39, 0.29) is 12.6 Å². The van der Waals surface area contributed by atoms with Gasteiger partial charge in [-0.2, -0.15) is 0 Å². The van der Waals surface area contributed by atoms with Crippen LogP contribution in [0.25, 0.3) is 0 Å². The Labute approximate surface area is 126 Å². The fourth-order valence-corrected chi connectivity index (χ4v) is 2.47. The zero-order valence-corrected chi connectivity index (χ0v) is 12.5. The molecule has 2 amide bonds. The van der Waals surface area contributed by atoms with Crippen LogP contribution in [0.4, 0.5) is 4.79 Å². The first-order chi connectivity index (χ1) is 10.2. The van der Waals surface area contributed by atoms with Crippen LogP contribution < -0.4 is 0 Å². The Hall–Kier alpha value is -1.99. The number of urea groups is 1. The Morgan fingerprint density at radius 3 is 2.76 bits per heavy atom. The van der Waals surface area contributed by atoms with Gasteiger partial charge in [-0.25, -0.2) is 4.79 Å². The molecule has 0 aromatic heterocycles. The SMILES string of the molecule is CN(Cc1ccccc1C#CCCO)C(=O)N1CCCC1. The van der Waals surface area contributed by atoms with E-state index >= 15 is 0 Å². The zero-order valence-electron chi connectivity index (χ0n) is 12.5. The largest absolute Gasteiger partial charge is 0.395 e. The number of aliphatic hydroxyl groups excluding tert-OH is 1. The van der Waals surface area contributed by atoms with Crippen molar-refractivity contribution in [2.45, 2.75) is 25.8 Å². The summed E-state index contributed by atoms with van der Waals surface area (Å²) < 4.78 is 0. The van der Waals surface area contributed by atoms with Crippen LogP contribution >= 0.6 is 0 Å². The number of aliphatic hydroxyl groups is 1. The molecule has 1 fully saturated rings. The molecule has 1 heterocycles. The molecule has 1 N–H and O–H groups in total. The lowest BCUT2D eigenvalue weighted by Gasteiger charge is -2.24. The minimum absolute atomic E-state index is 0.0719. The van der Waals surface area contributed by atoms with Gasteiger partial charge in [0.25, 0.3) is 0 Å². The molecule has 1 aliphatic heterocycles. The molecule has 0 aliphatic carbocycles. The van der Waals surface area contributed by atoms with E-state index in [0.29, 0.717) is 13.0 Å². The van der Waals surface area contributed by atoms with E-state index in [2.05, 4.69) is 11.8 Å². The average Bonchev–Trinajstić information content (AvgIpc) is 3.02. The summed E-state index contributed by atoms with van der Waals surface area (Å²) in [6.07, 6.45) is 2.67. The predicted molar refractivity (Wildman–Crippen MR) is 82.7 cm³/mol. The third kappa shape index (κ3) is 4.24. The summed E-state index contributed by atoms with van der Waals surface area (Å²) in [5, 5.41) is 8.79. The van der Waals surface area contributed by atoms with Crippen LogP contribution in [0, 0.1) is 11.8 Å². The number of hydrogen-bond acceptors (Lipinski definition) is 2. The van der Waals surface area contributed by atoms with Gasteiger partial charge in [-0.15, -0.1) is 0 Å². The van der Waals surface area contributed by atoms with Crippen molar-refractivity contribution in [3.63, 3.8) is 0 Å². The van der Waals surface area contributed by atoms with Crippen molar-refractivity contribution in [3.05, 3.63) is 35.4 Å². The van der Waals surface area contributed by atoms with Crippen LogP contribution in [0.15, 0.2) is 24.3 Å². The van der Waals surface area contributed by atoms with E-state index in [1.165, 1.54) is 0 Å². The molecule has 0 bridgehead atoms. The number of carbonyl (C=O) groups excluding carboxylic acids is 1. The van der Waals surface area contributed by atoms with E-state index in [9.17, 15) is 4.79 Å². The molecule has 0 radical (unpaired) electrons. The first kappa shape index (κ1) is 15.4. The standard InChI is InChI=1S/C17H22N2O2/c1-18(17(21)19-11-5-6-12-19)14-16-10-3-2-8-15(16)9-4-7-13-20/h2-3,8,10,20H,5-7,11-14H2,1H3. The maximum atomic E-state index is 12.3. The number of nitrogens with zero attached hydrogens (tertiary/aromatic N) is 2. The van der Waals surface area contributed by atoms with Gasteiger partial charge >= 0.3 is 6.03 Å². The Kier molecular flexibility index (Phi) is 5.65. The van der Waals surface area contributed by atoms with Gasteiger partial charge in [-0.05, 0) is 24.5 Å². The molecule has 1 aliphatic rings. The van der Waals surface area contributed by atoms with Crippen LogP contribution in [0.1, 0.15) is 30.4 Å². The predicted octanol–water partition coefficient (Wildman–Crippen LogP) is 2.07. The molecule has 0 saturated carbocycles. The molecule has 21 heavy (non-hydrogen) atoms. The fourth-order valence-electron chi connectivity index (χ4n) is 2.47. The second-order valence-corrected chi connectivity index (χ2v) is 5.27. The molecule has 4 heteroatoms. The van der Waals surface area contributed by atoms with Crippen LogP contribution in [0.2, 0.25) is 0 Å². The van der Waals surface area contributed by atoms with Gasteiger partial charge in [0.15, 0.2) is 0 Å². The topological polar surface area (TPSA) is 43.8 Å². The van der Waals surface area contributed by atoms with E-state index in [1.54, 1.807) is 4.90 Å². The lowest BCUT2D eigenvalue weighted by Crippen LogP contribution is -2.39. The van der Waals surface area contributed by atoms with Crippen molar-refractivity contribution < 1.29 is 9.90 Å². The minimum atomic E-state index is 0.0719. The maximum Gasteiger partial charge on any atom is 0.320 e. The summed E-state index contributed by atoms with van der Waals surface area (Å²) in [5.41, 5.74) is 1.96. The van der Waals surface area contributed by atoms with E-state index in [1.807, 2.05) is 36.2 Å². The molecular formula is C17H22N2O2. The summed E-state index contributed by atoms with van der Waals surface area (Å²) in [4.78, 5) is 16.0. The number of likely N-dealkylation sites (tertiary alicyclic amines) is 1. The molecule has 0 atom stereocenters. The average molecular weight is 286 g/mol. The molecule has 0 spiro atoms. The number of benzene rings is 1. The van der Waals surface area contributed by atoms with Crippen LogP contribution in [-0.4, -0.2) is 47.7 Å². The maximum absolute atomic E-state index is 12.3. The van der Waals surface area contributed by atoms with Crippen LogP contribution in [-0.2, 0) is 6.54 Å². The second-order valence-electron chi connectivity index (χ2n) is 5.27. The highest BCUT2D eigenvalue weighted by molar-refractivity contribution is 5.74. The number of amides is 2. The number of carbonyl (C=O) groups is 1. The lowest BCUT2D eigenvalue weighted by molar-refractivity contribution is 0.171. The zero-order chi connectivity index (χ0) is 15.1. The Morgan fingerprint density at radius 2 is 2.05 bits per heavy atom. The van der Waals surface area contributed by atoms with Gasteiger partial charge in [0, 0.05) is 38.7 Å². The van der Waals surface area contributed by atoms with Crippen molar-refractivity contribution in [3.8, 4) is 11.8 Å². The molecule has 2 rings (SSSR count). The van der Waals surface area contributed by atoms with Gasteiger partial charge in [0.1, 0.15) is 0 Å². The second kappa shape index (κ2) is 7.70. The highest BCUT2D eigenvalue weighted by Crippen LogP contribution is 2.14. The molecule has 0 unspecified atom stereocenters. The monoisotopic (exact) mass is 286 g/mol. The molecule has 1 saturated heterocycles. The summed E-state index contributed by atoms with van der Waals surface area (Å²) >= 11 is 0. The van der Waals surface area contributed by atoms with Crippen molar-refractivity contribution in [1.29, 1.82) is 0 Å². The smallest absolute Gasteiger partial charge is 0.320 e. The quantitative estimate of drug-likeness (QED) is 0.865. The first-order valence-electron chi connectivity index (χ1n) is 7.40. The molecule has 1 aromatic carbocycles. The molecular weight excluding hydrogens is 264 g/mol. The van der Waals surface area contributed by atoms with Gasteiger partial charge in [0.05, 0.1) is 6.61 Å². The first-order valence-corrected chi connectivity index (χ1v) is 7.40. The molecule has 4 nitrogen and oxygen atoms in total. The molecule has 1 aromatic rings. The fraction of sp³-hybridized carbons (Fsp3) is 0.471. The number of hydrogen-bond donors (Lipinski definition) is 1. The van der Waals surface area contributed by atoms with Crippen molar-refractivity contribution in [1.82, 2.24) is 9.80 Å². The third-order valence-corrected chi connectivity index (χ3v) is 3.59. The Balaban J connectivity index is 2.05. The van der Waals surface area contributed by atoms with Crippen molar-refractivity contribution in [2.75, 3.05) is 26.7 Å². The van der Waals surface area contributed by atoms with Crippen molar-refractivity contribution in [2.24, 2.45) is 0 Å². The van der Waals surface area contributed by atoms with E-state index in [4.69, 9.17) is 5.11 Å². The Morgan fingerprint density at radius 1 is 1.33 bits per heavy atom. The minimum Gasteiger partial charge on any atom is -0.395 e. The Bertz CT molecular complexity index is 539. The van der Waals surface area contributed by atoms with E-state index < -0.39 is 0 Å². The summed E-state index contributed by atoms with van der Waals surface area (Å²) in [6.45, 7) is 2.35. The number of rotatable bonds is 3. The summed E-state index contributed by atoms with van der Waals surface area (Å²) in [7, 11) is 1.83. The third-order valence-electron chi connectivity index (χ3n) is 3.59. The van der Waals surface area contributed by atoms with Gasteiger partial charge in [-0.3, -0.25) is 0 Å². The normalized spacial score (nSPS) is 13.7.